The third-order valence-electron chi connectivity index (χ3n) is 0.998. The highest BCUT2D eigenvalue weighted by Gasteiger charge is 1.96. The number of hydrogen-bond donors (Lipinski definition) is 2. The molecule has 11 heavy (non-hydrogen) atoms. The Labute approximate surface area is 68.8 Å². The number of nitrogens with zero attached hydrogens (tertiary/aromatic N) is 4. The van der Waals surface area contributed by atoms with Crippen molar-refractivity contribution >= 4 is 23.7 Å². The van der Waals surface area contributed by atoms with Gasteiger partial charge in [-0.05, 0) is 0 Å². The molecule has 4 N–H and O–H groups in total. The monoisotopic (exact) mass is 172 g/mol. The molecule has 0 bridgehead atoms. The van der Waals surface area contributed by atoms with Crippen LogP contribution in [0, 0.1) is 0 Å². The van der Waals surface area contributed by atoms with Crippen molar-refractivity contribution in [2.24, 2.45) is 5.84 Å². The smallest absolute Gasteiger partial charge is 0.239 e. The SMILES string of the molecule is Nc1ncn(CN(N)C=S)n1. The van der Waals surface area contributed by atoms with Gasteiger partial charge >= 0.3 is 0 Å². The van der Waals surface area contributed by atoms with Crippen LogP contribution in [-0.4, -0.2) is 25.3 Å². The lowest BCUT2D eigenvalue weighted by Crippen LogP contribution is -2.31. The summed E-state index contributed by atoms with van der Waals surface area (Å²) in [4.78, 5) is 3.70. The van der Waals surface area contributed by atoms with Crippen molar-refractivity contribution in [3.05, 3.63) is 6.33 Å². The zero-order chi connectivity index (χ0) is 8.27. The first-order valence-electron chi connectivity index (χ1n) is 2.84. The lowest BCUT2D eigenvalue weighted by molar-refractivity contribution is 0.346. The topological polar surface area (TPSA) is 86.0 Å². The molecule has 7 heteroatoms. The molecule has 0 saturated heterocycles. The van der Waals surface area contributed by atoms with E-state index >= 15 is 0 Å². The van der Waals surface area contributed by atoms with Crippen molar-refractivity contribution in [3.8, 4) is 0 Å². The van der Waals surface area contributed by atoms with Gasteiger partial charge in [-0.3, -0.25) is 5.01 Å². The Morgan fingerprint density at radius 2 is 2.55 bits per heavy atom. The van der Waals surface area contributed by atoms with E-state index in [1.807, 2.05) is 0 Å². The van der Waals surface area contributed by atoms with Crippen molar-refractivity contribution in [3.63, 3.8) is 0 Å². The van der Waals surface area contributed by atoms with Crippen LogP contribution in [0.1, 0.15) is 0 Å². The van der Waals surface area contributed by atoms with Gasteiger partial charge in [-0.15, -0.1) is 5.10 Å². The summed E-state index contributed by atoms with van der Waals surface area (Å²) in [5.74, 6) is 5.58. The maximum atomic E-state index is 5.36. The van der Waals surface area contributed by atoms with Gasteiger partial charge in [0.05, 0.1) is 5.49 Å². The summed E-state index contributed by atoms with van der Waals surface area (Å²) in [6.45, 7) is 0.355. The van der Waals surface area contributed by atoms with E-state index in [-0.39, 0.29) is 5.95 Å². The fraction of sp³-hybridized carbons (Fsp3) is 0.250. The molecule has 0 aliphatic heterocycles. The Bertz CT molecular complexity index is 244. The number of nitrogens with two attached hydrogens (primary N) is 2. The molecule has 1 aromatic rings. The number of rotatable bonds is 3. The molecule has 1 aromatic heterocycles. The highest BCUT2D eigenvalue weighted by atomic mass is 32.1. The van der Waals surface area contributed by atoms with Gasteiger partial charge in [0.1, 0.15) is 13.0 Å². The number of thiocarbonyl (C=S) groups is 1. The Hall–Kier alpha value is -1.21. The first-order chi connectivity index (χ1) is 5.22. The number of hydrogen-bond acceptors (Lipinski definition) is 5. The highest BCUT2D eigenvalue weighted by Crippen LogP contribution is 1.89. The van der Waals surface area contributed by atoms with E-state index in [1.165, 1.54) is 21.5 Å². The molecule has 0 saturated carbocycles. The number of aromatic nitrogens is 3. The molecule has 6 nitrogen and oxygen atoms in total. The molecule has 1 rings (SSSR count). The summed E-state index contributed by atoms with van der Waals surface area (Å²) < 4.78 is 1.48. The molecule has 0 aliphatic rings. The molecule has 0 atom stereocenters. The molecular weight excluding hydrogens is 164 g/mol. The fourth-order valence-corrected chi connectivity index (χ4v) is 0.644. The van der Waals surface area contributed by atoms with E-state index in [0.717, 1.165) is 0 Å². The number of anilines is 1. The molecule has 0 aromatic carbocycles. The van der Waals surface area contributed by atoms with Crippen LogP contribution in [0.5, 0.6) is 0 Å². The van der Waals surface area contributed by atoms with Crippen molar-refractivity contribution < 1.29 is 0 Å². The number of hydrazine groups is 1. The largest absolute Gasteiger partial charge is 0.367 e. The second kappa shape index (κ2) is 3.26. The van der Waals surface area contributed by atoms with Gasteiger partial charge < -0.3 is 5.73 Å². The van der Waals surface area contributed by atoms with Crippen LogP contribution >= 0.6 is 12.2 Å². The van der Waals surface area contributed by atoms with E-state index < -0.39 is 0 Å². The van der Waals surface area contributed by atoms with Crippen molar-refractivity contribution in [1.29, 1.82) is 0 Å². The standard InChI is InChI=1S/C4H8N6S/c5-4-7-1-10(8-4)2-9(6)3-11/h1,3H,2,6H2,(H2,5,8). The molecule has 0 aliphatic carbocycles. The molecule has 60 valence electrons. The maximum Gasteiger partial charge on any atom is 0.239 e. The van der Waals surface area contributed by atoms with Crippen molar-refractivity contribution in [1.82, 2.24) is 19.8 Å². The average Bonchev–Trinajstić information content (AvgIpc) is 2.35. The molecule has 0 spiro atoms. The third kappa shape index (κ3) is 2.13. The minimum absolute atomic E-state index is 0.225. The Kier molecular flexibility index (Phi) is 2.34. The molecule has 0 amide bonds. The van der Waals surface area contributed by atoms with Crippen LogP contribution in [0.15, 0.2) is 6.33 Å². The summed E-state index contributed by atoms with van der Waals surface area (Å²) in [7, 11) is 0. The Morgan fingerprint density at radius 3 is 3.00 bits per heavy atom. The zero-order valence-corrected chi connectivity index (χ0v) is 6.53. The minimum Gasteiger partial charge on any atom is -0.367 e. The average molecular weight is 172 g/mol. The van der Waals surface area contributed by atoms with Gasteiger partial charge in [-0.2, -0.15) is 0 Å². The molecule has 0 fully saturated rings. The summed E-state index contributed by atoms with van der Waals surface area (Å²) in [5.41, 5.74) is 6.57. The lowest BCUT2D eigenvalue weighted by Gasteiger charge is -2.09. The normalized spacial score (nSPS) is 9.55. The van der Waals surface area contributed by atoms with Crippen LogP contribution in [0.4, 0.5) is 5.95 Å². The molecule has 1 heterocycles. The van der Waals surface area contributed by atoms with Gasteiger partial charge in [0.15, 0.2) is 0 Å². The second-order valence-electron chi connectivity index (χ2n) is 1.90. The predicted octanol–water partition coefficient (Wildman–Crippen LogP) is -1.05. The third-order valence-corrected chi connectivity index (χ3v) is 1.27. The van der Waals surface area contributed by atoms with Gasteiger partial charge in [0, 0.05) is 0 Å². The minimum atomic E-state index is 0.225. The van der Waals surface area contributed by atoms with Crippen LogP contribution in [-0.2, 0) is 6.67 Å². The van der Waals surface area contributed by atoms with E-state index in [1.54, 1.807) is 0 Å². The van der Waals surface area contributed by atoms with Crippen LogP contribution in [0.3, 0.4) is 0 Å². The van der Waals surface area contributed by atoms with Crippen LogP contribution < -0.4 is 11.6 Å². The first kappa shape index (κ1) is 7.89. The maximum absolute atomic E-state index is 5.36. The van der Waals surface area contributed by atoms with E-state index in [2.05, 4.69) is 22.3 Å². The summed E-state index contributed by atoms with van der Waals surface area (Å²) in [6.07, 6.45) is 1.48. The molecular formula is C4H8N6S. The Balaban J connectivity index is 2.57. The van der Waals surface area contributed by atoms with Crippen molar-refractivity contribution in [2.45, 2.75) is 6.67 Å². The van der Waals surface area contributed by atoms with Gasteiger partial charge in [-0.25, -0.2) is 15.5 Å². The highest BCUT2D eigenvalue weighted by molar-refractivity contribution is 7.78. The summed E-state index contributed by atoms with van der Waals surface area (Å²) >= 11 is 4.56. The lowest BCUT2D eigenvalue weighted by atomic mass is 11.0. The Morgan fingerprint density at radius 1 is 1.82 bits per heavy atom. The zero-order valence-electron chi connectivity index (χ0n) is 5.71. The summed E-state index contributed by atoms with van der Waals surface area (Å²) in [6, 6.07) is 0. The van der Waals surface area contributed by atoms with Gasteiger partial charge in [-0.1, -0.05) is 12.2 Å². The van der Waals surface area contributed by atoms with E-state index in [0.29, 0.717) is 6.67 Å². The second-order valence-corrected chi connectivity index (χ2v) is 2.11. The van der Waals surface area contributed by atoms with Crippen LogP contribution in [0.2, 0.25) is 0 Å². The van der Waals surface area contributed by atoms with Gasteiger partial charge in [0.2, 0.25) is 5.95 Å². The quantitative estimate of drug-likeness (QED) is 0.344. The predicted molar refractivity (Wildman–Crippen MR) is 44.1 cm³/mol. The van der Waals surface area contributed by atoms with E-state index in [4.69, 9.17) is 11.6 Å². The molecule has 0 unspecified atom stereocenters. The van der Waals surface area contributed by atoms with Crippen LogP contribution in [0.25, 0.3) is 0 Å². The summed E-state index contributed by atoms with van der Waals surface area (Å²) in [5, 5.41) is 5.09. The first-order valence-corrected chi connectivity index (χ1v) is 3.31. The van der Waals surface area contributed by atoms with Gasteiger partial charge in [0.25, 0.3) is 0 Å². The fourth-order valence-electron chi connectivity index (χ4n) is 0.578. The van der Waals surface area contributed by atoms with E-state index in [9.17, 15) is 0 Å². The molecule has 0 radical (unpaired) electrons. The van der Waals surface area contributed by atoms with Crippen molar-refractivity contribution in [2.75, 3.05) is 5.73 Å². The number of nitrogen functional groups attached to an aromatic ring is 1.